The molecule has 2 aromatic rings. The molecule has 1 N–H and O–H groups in total. The molecule has 104 valence electrons. The third-order valence-electron chi connectivity index (χ3n) is 3.80. The first kappa shape index (κ1) is 12.9. The Hall–Kier alpha value is -2.10. The second-order valence-corrected chi connectivity index (χ2v) is 5.63. The first-order chi connectivity index (χ1) is 9.54. The monoisotopic (exact) mass is 270 g/mol. The maximum absolute atomic E-state index is 12.0. The van der Waals surface area contributed by atoms with E-state index in [4.69, 9.17) is 4.42 Å². The van der Waals surface area contributed by atoms with E-state index in [0.29, 0.717) is 11.8 Å². The minimum Gasteiger partial charge on any atom is -0.444 e. The molecule has 0 spiro atoms. The highest BCUT2D eigenvalue weighted by atomic mass is 16.3. The van der Waals surface area contributed by atoms with E-state index in [0.717, 1.165) is 28.9 Å². The summed E-state index contributed by atoms with van der Waals surface area (Å²) < 4.78 is 5.44. The fourth-order valence-corrected chi connectivity index (χ4v) is 2.33. The van der Waals surface area contributed by atoms with Crippen LogP contribution in [0.1, 0.15) is 24.6 Å². The molecular weight excluding hydrogens is 252 g/mol. The average molecular weight is 270 g/mol. The number of nitrogens with zero attached hydrogens (tertiary/aromatic N) is 1. The predicted octanol–water partition coefficient (Wildman–Crippen LogP) is 3.55. The largest absolute Gasteiger partial charge is 0.444 e. The Morgan fingerprint density at radius 3 is 2.75 bits per heavy atom. The molecule has 1 aromatic heterocycles. The van der Waals surface area contributed by atoms with E-state index in [9.17, 15) is 4.79 Å². The van der Waals surface area contributed by atoms with Gasteiger partial charge in [0.1, 0.15) is 6.26 Å². The minimum atomic E-state index is 0.107. The molecule has 0 radical (unpaired) electrons. The van der Waals surface area contributed by atoms with Gasteiger partial charge in [0.05, 0.1) is 5.69 Å². The lowest BCUT2D eigenvalue weighted by Crippen LogP contribution is -2.14. The molecule has 4 nitrogen and oxygen atoms in total. The number of hydrogen-bond donors (Lipinski definition) is 1. The van der Waals surface area contributed by atoms with Crippen LogP contribution in [0.25, 0.3) is 11.5 Å². The first-order valence-corrected chi connectivity index (χ1v) is 6.88. The third kappa shape index (κ3) is 2.46. The fraction of sp³-hybridized carbons (Fsp3) is 0.375. The SMILES string of the molecule is Cc1coc(-c2cc(NC(=O)C3CC3C)ccc2C)n1. The molecule has 1 heterocycles. The molecule has 3 rings (SSSR count). The van der Waals surface area contributed by atoms with Crippen molar-refractivity contribution in [1.82, 2.24) is 4.98 Å². The number of amides is 1. The summed E-state index contributed by atoms with van der Waals surface area (Å²) in [5, 5.41) is 2.97. The number of aryl methyl sites for hydroxylation is 2. The molecule has 2 unspecified atom stereocenters. The molecule has 1 saturated carbocycles. The van der Waals surface area contributed by atoms with Gasteiger partial charge in [-0.1, -0.05) is 13.0 Å². The number of nitrogens with one attached hydrogen (secondary N) is 1. The number of aromatic nitrogens is 1. The summed E-state index contributed by atoms with van der Waals surface area (Å²) in [5.41, 5.74) is 3.63. The van der Waals surface area contributed by atoms with Crippen molar-refractivity contribution in [2.24, 2.45) is 11.8 Å². The van der Waals surface area contributed by atoms with Gasteiger partial charge in [0.15, 0.2) is 0 Å². The standard InChI is InChI=1S/C16H18N2O2/c1-9-4-5-12(18-15(19)13-6-10(13)2)7-14(9)16-17-11(3)8-20-16/h4-5,7-8,10,13H,6H2,1-3H3,(H,18,19). The topological polar surface area (TPSA) is 55.1 Å². The van der Waals surface area contributed by atoms with E-state index in [-0.39, 0.29) is 11.8 Å². The van der Waals surface area contributed by atoms with Crippen molar-refractivity contribution in [1.29, 1.82) is 0 Å². The Bertz CT molecular complexity index is 660. The van der Waals surface area contributed by atoms with Crippen LogP contribution in [0, 0.1) is 25.7 Å². The van der Waals surface area contributed by atoms with Crippen LogP contribution in [0.3, 0.4) is 0 Å². The van der Waals surface area contributed by atoms with Gasteiger partial charge in [-0.25, -0.2) is 4.98 Å². The molecule has 20 heavy (non-hydrogen) atoms. The first-order valence-electron chi connectivity index (χ1n) is 6.88. The Balaban J connectivity index is 1.85. The van der Waals surface area contributed by atoms with Crippen LogP contribution in [0.2, 0.25) is 0 Å². The van der Waals surface area contributed by atoms with Gasteiger partial charge < -0.3 is 9.73 Å². The lowest BCUT2D eigenvalue weighted by Gasteiger charge is -2.08. The molecule has 0 saturated heterocycles. The molecule has 0 bridgehead atoms. The van der Waals surface area contributed by atoms with Crippen molar-refractivity contribution in [3.05, 3.63) is 35.7 Å². The summed E-state index contributed by atoms with van der Waals surface area (Å²) in [5.74, 6) is 1.38. The third-order valence-corrected chi connectivity index (χ3v) is 3.80. The van der Waals surface area contributed by atoms with Crippen molar-refractivity contribution in [3.8, 4) is 11.5 Å². The molecule has 1 aromatic carbocycles. The van der Waals surface area contributed by atoms with Crippen LogP contribution in [0.5, 0.6) is 0 Å². The zero-order valence-corrected chi connectivity index (χ0v) is 11.9. The Kier molecular flexibility index (Phi) is 3.08. The van der Waals surface area contributed by atoms with Gasteiger partial charge in [-0.2, -0.15) is 0 Å². The van der Waals surface area contributed by atoms with E-state index in [2.05, 4.69) is 17.2 Å². The van der Waals surface area contributed by atoms with E-state index < -0.39 is 0 Å². The van der Waals surface area contributed by atoms with Gasteiger partial charge in [0.2, 0.25) is 11.8 Å². The quantitative estimate of drug-likeness (QED) is 0.927. The lowest BCUT2D eigenvalue weighted by molar-refractivity contribution is -0.117. The summed E-state index contributed by atoms with van der Waals surface area (Å²) in [7, 11) is 0. The number of carbonyl (C=O) groups excluding carboxylic acids is 1. The van der Waals surface area contributed by atoms with Crippen molar-refractivity contribution < 1.29 is 9.21 Å². The highest BCUT2D eigenvalue weighted by Crippen LogP contribution is 2.38. The molecule has 1 amide bonds. The number of carbonyl (C=O) groups is 1. The Morgan fingerprint density at radius 1 is 1.40 bits per heavy atom. The average Bonchev–Trinajstić information content (AvgIpc) is 2.99. The van der Waals surface area contributed by atoms with Gasteiger partial charge in [0.25, 0.3) is 0 Å². The van der Waals surface area contributed by atoms with Crippen LogP contribution in [0.4, 0.5) is 5.69 Å². The summed E-state index contributed by atoms with van der Waals surface area (Å²) >= 11 is 0. The smallest absolute Gasteiger partial charge is 0.227 e. The van der Waals surface area contributed by atoms with E-state index >= 15 is 0 Å². The number of benzene rings is 1. The van der Waals surface area contributed by atoms with Crippen LogP contribution < -0.4 is 5.32 Å². The maximum atomic E-state index is 12.0. The molecular formula is C16H18N2O2. The number of rotatable bonds is 3. The van der Waals surface area contributed by atoms with Gasteiger partial charge in [-0.3, -0.25) is 4.79 Å². The van der Waals surface area contributed by atoms with Gasteiger partial charge in [0, 0.05) is 17.2 Å². The summed E-state index contributed by atoms with van der Waals surface area (Å²) in [6.45, 7) is 5.99. The zero-order valence-electron chi connectivity index (χ0n) is 11.9. The molecule has 1 aliphatic carbocycles. The summed E-state index contributed by atoms with van der Waals surface area (Å²) in [6.07, 6.45) is 2.62. The fourth-order valence-electron chi connectivity index (χ4n) is 2.33. The molecule has 0 aliphatic heterocycles. The number of anilines is 1. The van der Waals surface area contributed by atoms with Gasteiger partial charge in [-0.15, -0.1) is 0 Å². The minimum absolute atomic E-state index is 0.107. The Morgan fingerprint density at radius 2 is 2.15 bits per heavy atom. The van der Waals surface area contributed by atoms with Crippen LogP contribution >= 0.6 is 0 Å². The molecule has 1 aliphatic rings. The second kappa shape index (κ2) is 4.78. The second-order valence-electron chi connectivity index (χ2n) is 5.63. The number of oxazole rings is 1. The van der Waals surface area contributed by atoms with Crippen LogP contribution in [-0.2, 0) is 4.79 Å². The summed E-state index contributed by atoms with van der Waals surface area (Å²) in [4.78, 5) is 16.3. The lowest BCUT2D eigenvalue weighted by atomic mass is 10.1. The van der Waals surface area contributed by atoms with Crippen molar-refractivity contribution in [2.75, 3.05) is 5.32 Å². The molecule has 2 atom stereocenters. The highest BCUT2D eigenvalue weighted by Gasteiger charge is 2.39. The maximum Gasteiger partial charge on any atom is 0.227 e. The van der Waals surface area contributed by atoms with Crippen LogP contribution in [-0.4, -0.2) is 10.9 Å². The van der Waals surface area contributed by atoms with Crippen LogP contribution in [0.15, 0.2) is 28.9 Å². The zero-order chi connectivity index (χ0) is 14.3. The normalized spacial score (nSPS) is 20.8. The Labute approximate surface area is 118 Å². The van der Waals surface area contributed by atoms with Crippen molar-refractivity contribution in [3.63, 3.8) is 0 Å². The number of hydrogen-bond acceptors (Lipinski definition) is 3. The highest BCUT2D eigenvalue weighted by molar-refractivity contribution is 5.95. The van der Waals surface area contributed by atoms with Crippen molar-refractivity contribution >= 4 is 11.6 Å². The summed E-state index contributed by atoms with van der Waals surface area (Å²) in [6, 6.07) is 5.81. The van der Waals surface area contributed by atoms with Crippen molar-refractivity contribution in [2.45, 2.75) is 27.2 Å². The van der Waals surface area contributed by atoms with E-state index in [1.165, 1.54) is 0 Å². The van der Waals surface area contributed by atoms with E-state index in [1.807, 2.05) is 32.0 Å². The van der Waals surface area contributed by atoms with Gasteiger partial charge in [-0.05, 0) is 43.9 Å². The molecule has 4 heteroatoms. The van der Waals surface area contributed by atoms with E-state index in [1.54, 1.807) is 6.26 Å². The van der Waals surface area contributed by atoms with Gasteiger partial charge >= 0.3 is 0 Å². The predicted molar refractivity (Wildman–Crippen MR) is 77.3 cm³/mol. The molecule has 1 fully saturated rings.